The Hall–Kier alpha value is -1.34. The second-order valence-corrected chi connectivity index (χ2v) is 8.29. The quantitative estimate of drug-likeness (QED) is 0.672. The van der Waals surface area contributed by atoms with Gasteiger partial charge in [-0.2, -0.15) is 0 Å². The molecular weight excluding hydrogens is 332 g/mol. The molecule has 3 amide bonds. The maximum Gasteiger partial charge on any atom is 0.317 e. The third-order valence-corrected chi connectivity index (χ3v) is 5.25. The number of hydrogen-bond donors (Lipinski definition) is 2. The lowest BCUT2D eigenvalue weighted by Crippen LogP contribution is -2.60. The van der Waals surface area contributed by atoms with Crippen molar-refractivity contribution in [1.82, 2.24) is 20.4 Å². The van der Waals surface area contributed by atoms with E-state index in [1.165, 1.54) is 0 Å². The molecule has 1 atom stereocenters. The van der Waals surface area contributed by atoms with Gasteiger partial charge < -0.3 is 19.9 Å². The number of piperidine rings is 1. The van der Waals surface area contributed by atoms with E-state index < -0.39 is 0 Å². The van der Waals surface area contributed by atoms with E-state index in [9.17, 15) is 9.59 Å². The van der Waals surface area contributed by atoms with Gasteiger partial charge in [0.2, 0.25) is 5.91 Å². The SMILES string of the molecule is COCCCN1C(=O)C(CC(C)C)NC12CCN(C(=O)NC(C)C)CC2. The van der Waals surface area contributed by atoms with E-state index in [-0.39, 0.29) is 29.7 Å². The molecule has 26 heavy (non-hydrogen) atoms. The Labute approximate surface area is 157 Å². The minimum atomic E-state index is -0.320. The summed E-state index contributed by atoms with van der Waals surface area (Å²) in [5.74, 6) is 0.666. The van der Waals surface area contributed by atoms with Crippen molar-refractivity contribution < 1.29 is 14.3 Å². The molecule has 0 aromatic rings. The van der Waals surface area contributed by atoms with Crippen LogP contribution in [0, 0.1) is 5.92 Å². The van der Waals surface area contributed by atoms with Crippen molar-refractivity contribution in [2.45, 2.75) is 71.1 Å². The fourth-order valence-electron chi connectivity index (χ4n) is 4.02. The molecule has 7 heteroatoms. The van der Waals surface area contributed by atoms with Crippen LogP contribution in [0.5, 0.6) is 0 Å². The number of ether oxygens (including phenoxy) is 1. The Morgan fingerprint density at radius 1 is 1.31 bits per heavy atom. The summed E-state index contributed by atoms with van der Waals surface area (Å²) in [5, 5.41) is 6.60. The molecule has 2 aliphatic rings. The second kappa shape index (κ2) is 9.04. The van der Waals surface area contributed by atoms with Gasteiger partial charge in [0.25, 0.3) is 0 Å². The van der Waals surface area contributed by atoms with Crippen LogP contribution in [0.25, 0.3) is 0 Å². The molecule has 0 saturated carbocycles. The van der Waals surface area contributed by atoms with Crippen LogP contribution in [-0.2, 0) is 9.53 Å². The molecule has 1 spiro atoms. The van der Waals surface area contributed by atoms with Gasteiger partial charge in [0.1, 0.15) is 0 Å². The van der Waals surface area contributed by atoms with Gasteiger partial charge in [-0.25, -0.2) is 4.79 Å². The van der Waals surface area contributed by atoms with Crippen molar-refractivity contribution in [3.63, 3.8) is 0 Å². The molecule has 1 unspecified atom stereocenters. The largest absolute Gasteiger partial charge is 0.385 e. The van der Waals surface area contributed by atoms with Gasteiger partial charge in [-0.05, 0) is 32.6 Å². The number of hydrogen-bond acceptors (Lipinski definition) is 4. The van der Waals surface area contributed by atoms with Gasteiger partial charge in [-0.3, -0.25) is 10.1 Å². The number of nitrogens with one attached hydrogen (secondary N) is 2. The van der Waals surface area contributed by atoms with E-state index in [1.807, 2.05) is 23.6 Å². The molecule has 2 N–H and O–H groups in total. The molecule has 0 radical (unpaired) electrons. The molecule has 0 aliphatic carbocycles. The van der Waals surface area contributed by atoms with E-state index >= 15 is 0 Å². The van der Waals surface area contributed by atoms with Crippen LogP contribution in [0.3, 0.4) is 0 Å². The van der Waals surface area contributed by atoms with Crippen molar-refractivity contribution in [3.05, 3.63) is 0 Å². The monoisotopic (exact) mass is 368 g/mol. The second-order valence-electron chi connectivity index (χ2n) is 8.29. The Balaban J connectivity index is 2.06. The molecule has 2 fully saturated rings. The highest BCUT2D eigenvalue weighted by atomic mass is 16.5. The van der Waals surface area contributed by atoms with Crippen LogP contribution in [0.1, 0.15) is 53.4 Å². The lowest BCUT2D eigenvalue weighted by atomic mass is 9.95. The van der Waals surface area contributed by atoms with Crippen molar-refractivity contribution in [3.8, 4) is 0 Å². The first-order valence-electron chi connectivity index (χ1n) is 9.92. The first-order valence-corrected chi connectivity index (χ1v) is 9.92. The average Bonchev–Trinajstić information content (AvgIpc) is 2.79. The highest BCUT2D eigenvalue weighted by Crippen LogP contribution is 2.34. The summed E-state index contributed by atoms with van der Waals surface area (Å²) in [5.41, 5.74) is -0.320. The third kappa shape index (κ3) is 4.88. The van der Waals surface area contributed by atoms with Crippen LogP contribution in [0.4, 0.5) is 4.79 Å². The number of carbonyl (C=O) groups excluding carboxylic acids is 2. The molecule has 0 aromatic heterocycles. The Morgan fingerprint density at radius 2 is 1.96 bits per heavy atom. The summed E-state index contributed by atoms with van der Waals surface area (Å²) in [4.78, 5) is 29.2. The third-order valence-electron chi connectivity index (χ3n) is 5.25. The van der Waals surface area contributed by atoms with Crippen molar-refractivity contribution in [1.29, 1.82) is 0 Å². The minimum absolute atomic E-state index is 0.0103. The minimum Gasteiger partial charge on any atom is -0.385 e. The summed E-state index contributed by atoms with van der Waals surface area (Å²) < 4.78 is 5.17. The zero-order chi connectivity index (χ0) is 19.3. The lowest BCUT2D eigenvalue weighted by Gasteiger charge is -2.44. The van der Waals surface area contributed by atoms with Crippen molar-refractivity contribution >= 4 is 11.9 Å². The van der Waals surface area contributed by atoms with E-state index in [4.69, 9.17) is 4.74 Å². The summed E-state index contributed by atoms with van der Waals surface area (Å²) in [7, 11) is 1.69. The van der Waals surface area contributed by atoms with E-state index in [1.54, 1.807) is 7.11 Å². The number of carbonyl (C=O) groups is 2. The predicted octanol–water partition coefficient (Wildman–Crippen LogP) is 1.78. The van der Waals surface area contributed by atoms with Gasteiger partial charge in [0.05, 0.1) is 11.7 Å². The molecular formula is C19H36N4O3. The van der Waals surface area contributed by atoms with Crippen molar-refractivity contribution in [2.75, 3.05) is 33.4 Å². The summed E-state index contributed by atoms with van der Waals surface area (Å²) >= 11 is 0. The average molecular weight is 369 g/mol. The molecule has 2 saturated heterocycles. The molecule has 2 aliphatic heterocycles. The Morgan fingerprint density at radius 3 is 2.50 bits per heavy atom. The normalized spacial score (nSPS) is 22.7. The molecule has 0 aromatic carbocycles. The first kappa shape index (κ1) is 21.0. The zero-order valence-corrected chi connectivity index (χ0v) is 17.0. The molecule has 150 valence electrons. The lowest BCUT2D eigenvalue weighted by molar-refractivity contribution is -0.133. The molecule has 0 bridgehead atoms. The smallest absolute Gasteiger partial charge is 0.317 e. The van der Waals surface area contributed by atoms with Crippen LogP contribution < -0.4 is 10.6 Å². The number of amides is 3. The fourth-order valence-corrected chi connectivity index (χ4v) is 4.02. The number of rotatable bonds is 7. The fraction of sp³-hybridized carbons (Fsp3) is 0.895. The number of urea groups is 1. The van der Waals surface area contributed by atoms with E-state index in [0.29, 0.717) is 32.2 Å². The van der Waals surface area contributed by atoms with Gasteiger partial charge in [-0.15, -0.1) is 0 Å². The van der Waals surface area contributed by atoms with Gasteiger partial charge >= 0.3 is 6.03 Å². The summed E-state index contributed by atoms with van der Waals surface area (Å²) in [6.45, 7) is 10.9. The molecule has 2 heterocycles. The zero-order valence-electron chi connectivity index (χ0n) is 17.0. The predicted molar refractivity (Wildman–Crippen MR) is 102 cm³/mol. The molecule has 2 rings (SSSR count). The standard InChI is InChI=1S/C19H36N4O3/c1-14(2)13-16-17(24)23(9-6-12-26-5)19(21-16)7-10-22(11-8-19)18(25)20-15(3)4/h14-16,21H,6-13H2,1-5H3,(H,20,25). The van der Waals surface area contributed by atoms with Crippen LogP contribution in [0.2, 0.25) is 0 Å². The van der Waals surface area contributed by atoms with E-state index in [2.05, 4.69) is 24.5 Å². The van der Waals surface area contributed by atoms with Gasteiger partial charge in [0.15, 0.2) is 0 Å². The summed E-state index contributed by atoms with van der Waals surface area (Å²) in [6, 6.07) is 0.00274. The Kier molecular flexibility index (Phi) is 7.29. The van der Waals surface area contributed by atoms with Crippen molar-refractivity contribution in [2.24, 2.45) is 5.92 Å². The van der Waals surface area contributed by atoms with E-state index in [0.717, 1.165) is 25.7 Å². The van der Waals surface area contributed by atoms with Crippen LogP contribution in [-0.4, -0.2) is 72.8 Å². The highest BCUT2D eigenvalue weighted by Gasteiger charge is 2.51. The number of methoxy groups -OCH3 is 1. The topological polar surface area (TPSA) is 73.9 Å². The van der Waals surface area contributed by atoms with Crippen LogP contribution in [0.15, 0.2) is 0 Å². The Bertz CT molecular complexity index is 487. The van der Waals surface area contributed by atoms with Crippen LogP contribution >= 0.6 is 0 Å². The highest BCUT2D eigenvalue weighted by molar-refractivity contribution is 5.85. The number of nitrogens with zero attached hydrogens (tertiary/aromatic N) is 2. The molecule has 7 nitrogen and oxygen atoms in total. The maximum absolute atomic E-state index is 13.0. The van der Waals surface area contributed by atoms with Gasteiger partial charge in [0, 0.05) is 52.2 Å². The number of likely N-dealkylation sites (tertiary alicyclic amines) is 1. The summed E-state index contributed by atoms with van der Waals surface area (Å²) in [6.07, 6.45) is 3.22. The van der Waals surface area contributed by atoms with Gasteiger partial charge in [-0.1, -0.05) is 13.8 Å². The first-order chi connectivity index (χ1) is 12.3. The maximum atomic E-state index is 13.0.